The van der Waals surface area contributed by atoms with Crippen LogP contribution in [0.2, 0.25) is 0 Å². The number of nitrogens with zero attached hydrogens (tertiary/aromatic N) is 1. The molecule has 4 aromatic rings. The molecule has 34 heavy (non-hydrogen) atoms. The van der Waals surface area contributed by atoms with Gasteiger partial charge in [0, 0.05) is 28.2 Å². The summed E-state index contributed by atoms with van der Waals surface area (Å²) in [6.07, 6.45) is 2.46. The van der Waals surface area contributed by atoms with Crippen molar-refractivity contribution in [2.24, 2.45) is 5.92 Å². The van der Waals surface area contributed by atoms with Gasteiger partial charge in [-0.3, -0.25) is 14.5 Å². The third-order valence-electron chi connectivity index (χ3n) is 6.62. The predicted molar refractivity (Wildman–Crippen MR) is 138 cm³/mol. The van der Waals surface area contributed by atoms with Crippen molar-refractivity contribution in [1.29, 1.82) is 0 Å². The Labute approximate surface area is 203 Å². The summed E-state index contributed by atoms with van der Waals surface area (Å²) in [5.41, 5.74) is 3.63. The summed E-state index contributed by atoms with van der Waals surface area (Å²) in [5.74, 6) is 0.295. The monoisotopic (exact) mass is 471 g/mol. The van der Waals surface area contributed by atoms with Crippen molar-refractivity contribution in [1.82, 2.24) is 15.2 Å². The number of para-hydroxylation sites is 1. The van der Waals surface area contributed by atoms with Crippen LogP contribution in [0.4, 0.5) is 0 Å². The normalized spacial score (nSPS) is 14.9. The zero-order valence-corrected chi connectivity index (χ0v) is 19.9. The first-order chi connectivity index (χ1) is 16.7. The van der Waals surface area contributed by atoms with E-state index in [1.54, 1.807) is 11.3 Å². The van der Waals surface area contributed by atoms with Gasteiger partial charge < -0.3 is 10.3 Å². The van der Waals surface area contributed by atoms with E-state index in [0.29, 0.717) is 13.1 Å². The van der Waals surface area contributed by atoms with E-state index >= 15 is 0 Å². The van der Waals surface area contributed by atoms with E-state index in [1.807, 2.05) is 60.7 Å². The number of rotatable bonds is 8. The van der Waals surface area contributed by atoms with Crippen molar-refractivity contribution in [2.45, 2.75) is 19.3 Å². The summed E-state index contributed by atoms with van der Waals surface area (Å²) >= 11 is 1.72. The third-order valence-corrected chi connectivity index (χ3v) is 7.56. The summed E-state index contributed by atoms with van der Waals surface area (Å²) in [6.45, 7) is 2.57. The SMILES string of the molecule is O=C(CN1CCC(C(=O)NCCc2cccs2)CC1)c1c(-c2ccccc2)[nH]c2ccccc12. The Morgan fingerprint density at radius 1 is 0.971 bits per heavy atom. The molecule has 0 aliphatic carbocycles. The molecule has 0 bridgehead atoms. The minimum absolute atomic E-state index is 0.0302. The molecule has 2 aromatic heterocycles. The van der Waals surface area contributed by atoms with Crippen LogP contribution in [0.15, 0.2) is 72.1 Å². The Bertz CT molecular complexity index is 1260. The molecule has 6 heteroatoms. The zero-order chi connectivity index (χ0) is 23.3. The highest BCUT2D eigenvalue weighted by Gasteiger charge is 2.27. The van der Waals surface area contributed by atoms with Crippen LogP contribution in [0.3, 0.4) is 0 Å². The molecule has 0 atom stereocenters. The number of carbonyl (C=O) groups is 2. The van der Waals surface area contributed by atoms with Crippen molar-refractivity contribution in [2.75, 3.05) is 26.2 Å². The molecule has 2 N–H and O–H groups in total. The Morgan fingerprint density at radius 2 is 1.74 bits per heavy atom. The number of ketones is 1. The molecule has 1 fully saturated rings. The Morgan fingerprint density at radius 3 is 2.50 bits per heavy atom. The molecule has 3 heterocycles. The fourth-order valence-corrected chi connectivity index (χ4v) is 5.51. The summed E-state index contributed by atoms with van der Waals surface area (Å²) in [7, 11) is 0. The van der Waals surface area contributed by atoms with Crippen LogP contribution in [0.5, 0.6) is 0 Å². The van der Waals surface area contributed by atoms with Gasteiger partial charge in [0.2, 0.25) is 5.91 Å². The number of hydrogen-bond donors (Lipinski definition) is 2. The van der Waals surface area contributed by atoms with Crippen molar-refractivity contribution >= 4 is 33.9 Å². The maximum absolute atomic E-state index is 13.5. The van der Waals surface area contributed by atoms with Gasteiger partial charge in [-0.05, 0) is 55.4 Å². The summed E-state index contributed by atoms with van der Waals surface area (Å²) in [4.78, 5) is 33.0. The van der Waals surface area contributed by atoms with Gasteiger partial charge in [0.05, 0.1) is 17.8 Å². The maximum Gasteiger partial charge on any atom is 0.223 e. The number of benzene rings is 2. The fourth-order valence-electron chi connectivity index (χ4n) is 4.80. The zero-order valence-electron chi connectivity index (χ0n) is 19.1. The van der Waals surface area contributed by atoms with Gasteiger partial charge in [0.15, 0.2) is 5.78 Å². The number of hydrogen-bond acceptors (Lipinski definition) is 4. The molecule has 1 aliphatic heterocycles. The molecule has 0 radical (unpaired) electrons. The van der Waals surface area contributed by atoms with Gasteiger partial charge in [-0.15, -0.1) is 11.3 Å². The lowest BCUT2D eigenvalue weighted by atomic mass is 9.95. The standard InChI is InChI=1S/C28H29N3O2S/c32-25(26-23-10-4-5-11-24(23)30-27(26)20-7-2-1-3-8-20)19-31-16-13-21(14-17-31)28(33)29-15-12-22-9-6-18-34-22/h1-11,18,21,30H,12-17,19H2,(H,29,33). The first-order valence-electron chi connectivity index (χ1n) is 11.9. The van der Waals surface area contributed by atoms with E-state index in [9.17, 15) is 9.59 Å². The highest BCUT2D eigenvalue weighted by Crippen LogP contribution is 2.31. The number of aromatic nitrogens is 1. The number of nitrogens with one attached hydrogen (secondary N) is 2. The lowest BCUT2D eigenvalue weighted by Crippen LogP contribution is -2.42. The lowest BCUT2D eigenvalue weighted by molar-refractivity contribution is -0.126. The van der Waals surface area contributed by atoms with E-state index in [-0.39, 0.29) is 17.6 Å². The summed E-state index contributed by atoms with van der Waals surface area (Å²) < 4.78 is 0. The Hall–Kier alpha value is -3.22. The molecule has 5 nitrogen and oxygen atoms in total. The van der Waals surface area contributed by atoms with E-state index in [0.717, 1.165) is 60.1 Å². The molecule has 2 aromatic carbocycles. The van der Waals surface area contributed by atoms with E-state index in [4.69, 9.17) is 0 Å². The third kappa shape index (κ3) is 4.98. The Balaban J connectivity index is 1.21. The lowest BCUT2D eigenvalue weighted by Gasteiger charge is -2.30. The van der Waals surface area contributed by atoms with E-state index in [1.165, 1.54) is 4.88 Å². The highest BCUT2D eigenvalue weighted by molar-refractivity contribution is 7.09. The van der Waals surface area contributed by atoms with Gasteiger partial charge in [-0.25, -0.2) is 0 Å². The maximum atomic E-state index is 13.5. The molecule has 1 aliphatic rings. The van der Waals surface area contributed by atoms with Crippen LogP contribution in [-0.4, -0.2) is 47.8 Å². The van der Waals surface area contributed by atoms with Gasteiger partial charge in [0.25, 0.3) is 0 Å². The number of thiophene rings is 1. The van der Waals surface area contributed by atoms with Crippen LogP contribution in [0.25, 0.3) is 22.2 Å². The predicted octanol–water partition coefficient (Wildman–Crippen LogP) is 5.15. The van der Waals surface area contributed by atoms with E-state index < -0.39 is 0 Å². The molecule has 174 valence electrons. The van der Waals surface area contributed by atoms with Crippen molar-refractivity contribution in [3.05, 3.63) is 82.6 Å². The number of aromatic amines is 1. The number of Topliss-reactive ketones (excluding diaryl/α,β-unsaturated/α-hetero) is 1. The average molecular weight is 472 g/mol. The second kappa shape index (κ2) is 10.4. The molecule has 0 spiro atoms. The topological polar surface area (TPSA) is 65.2 Å². The van der Waals surface area contributed by atoms with Crippen molar-refractivity contribution < 1.29 is 9.59 Å². The molecule has 5 rings (SSSR count). The van der Waals surface area contributed by atoms with Gasteiger partial charge >= 0.3 is 0 Å². The number of likely N-dealkylation sites (tertiary alicyclic amines) is 1. The van der Waals surface area contributed by atoms with Gasteiger partial charge in [-0.1, -0.05) is 54.6 Å². The molecule has 0 unspecified atom stereocenters. The van der Waals surface area contributed by atoms with Crippen LogP contribution in [-0.2, 0) is 11.2 Å². The largest absolute Gasteiger partial charge is 0.355 e. The van der Waals surface area contributed by atoms with Crippen LogP contribution >= 0.6 is 11.3 Å². The first-order valence-corrected chi connectivity index (χ1v) is 12.8. The number of fused-ring (bicyclic) bond motifs is 1. The summed E-state index contributed by atoms with van der Waals surface area (Å²) in [5, 5.41) is 6.12. The Kier molecular flexibility index (Phi) is 6.88. The highest BCUT2D eigenvalue weighted by atomic mass is 32.1. The van der Waals surface area contributed by atoms with Crippen molar-refractivity contribution in [3.63, 3.8) is 0 Å². The number of H-pyrrole nitrogens is 1. The molecular weight excluding hydrogens is 442 g/mol. The summed E-state index contributed by atoms with van der Waals surface area (Å²) in [6, 6.07) is 22.2. The molecule has 1 saturated heterocycles. The first kappa shape index (κ1) is 22.6. The molecule has 0 saturated carbocycles. The smallest absolute Gasteiger partial charge is 0.223 e. The fraction of sp³-hybridized carbons (Fsp3) is 0.286. The van der Waals surface area contributed by atoms with Gasteiger partial charge in [-0.2, -0.15) is 0 Å². The van der Waals surface area contributed by atoms with Crippen molar-refractivity contribution in [3.8, 4) is 11.3 Å². The minimum Gasteiger partial charge on any atom is -0.355 e. The number of amides is 1. The van der Waals surface area contributed by atoms with Crippen LogP contribution < -0.4 is 5.32 Å². The average Bonchev–Trinajstić information content (AvgIpc) is 3.53. The van der Waals surface area contributed by atoms with E-state index in [2.05, 4.69) is 26.6 Å². The molecule has 1 amide bonds. The minimum atomic E-state index is 0.0302. The number of carbonyl (C=O) groups excluding carboxylic acids is 2. The second-order valence-electron chi connectivity index (χ2n) is 8.88. The van der Waals surface area contributed by atoms with Gasteiger partial charge in [0.1, 0.15) is 0 Å². The van der Waals surface area contributed by atoms with Crippen LogP contribution in [0.1, 0.15) is 28.1 Å². The quantitative estimate of drug-likeness (QED) is 0.349. The second-order valence-corrected chi connectivity index (χ2v) is 9.91. The molecular formula is C28H29N3O2S. The number of piperidine rings is 1. The van der Waals surface area contributed by atoms with Crippen LogP contribution in [0, 0.1) is 5.92 Å².